The molecule has 0 aliphatic rings. The van der Waals surface area contributed by atoms with Gasteiger partial charge in [-0.2, -0.15) is 0 Å². The number of benzene rings is 1. The van der Waals surface area contributed by atoms with Gasteiger partial charge in [0.25, 0.3) is 5.24 Å². The molecule has 4 nitrogen and oxygen atoms in total. The second-order valence-corrected chi connectivity index (χ2v) is 5.81. The molecule has 22 heavy (non-hydrogen) atoms. The monoisotopic (exact) mass is 328 g/mol. The van der Waals surface area contributed by atoms with Gasteiger partial charge in [0.05, 0.1) is 12.2 Å². The van der Waals surface area contributed by atoms with Gasteiger partial charge in [-0.05, 0) is 55.1 Å². The first kappa shape index (κ1) is 18.9. The molecule has 124 valence electrons. The summed E-state index contributed by atoms with van der Waals surface area (Å²) in [6, 6.07) is 6.51. The van der Waals surface area contributed by atoms with Crippen LogP contribution in [-0.4, -0.2) is 34.3 Å². The second-order valence-electron chi connectivity index (χ2n) is 5.46. The van der Waals surface area contributed by atoms with Crippen LogP contribution in [0.5, 0.6) is 5.75 Å². The maximum Gasteiger partial charge on any atom is 0.252 e. The highest BCUT2D eigenvalue weighted by Crippen LogP contribution is 2.15. The molecule has 0 saturated carbocycles. The Kier molecular flexibility index (Phi) is 9.13. The van der Waals surface area contributed by atoms with Crippen molar-refractivity contribution in [3.63, 3.8) is 0 Å². The largest absolute Gasteiger partial charge is 0.491 e. The van der Waals surface area contributed by atoms with E-state index in [1.807, 2.05) is 6.92 Å². The summed E-state index contributed by atoms with van der Waals surface area (Å²) in [6.07, 6.45) is 4.50. The summed E-state index contributed by atoms with van der Waals surface area (Å²) in [5.41, 5.74) is 0.420. The molecular weight excluding hydrogens is 304 g/mol. The number of rotatable bonds is 11. The average Bonchev–Trinajstić information content (AvgIpc) is 2.52. The van der Waals surface area contributed by atoms with E-state index in [0.717, 1.165) is 32.1 Å². The smallest absolute Gasteiger partial charge is 0.252 e. The lowest BCUT2D eigenvalue weighted by atomic mass is 10.1. The van der Waals surface area contributed by atoms with Crippen molar-refractivity contribution < 1.29 is 19.7 Å². The Morgan fingerprint density at radius 2 is 1.68 bits per heavy atom. The fourth-order valence-corrected chi connectivity index (χ4v) is 2.22. The highest BCUT2D eigenvalue weighted by molar-refractivity contribution is 6.67. The van der Waals surface area contributed by atoms with Crippen LogP contribution in [0.1, 0.15) is 55.8 Å². The Labute approximate surface area is 137 Å². The molecule has 1 aromatic rings. The first-order valence-corrected chi connectivity index (χ1v) is 8.19. The van der Waals surface area contributed by atoms with Crippen LogP contribution in [-0.2, 0) is 0 Å². The summed E-state index contributed by atoms with van der Waals surface area (Å²) in [5.74, 6) is 0.604. The van der Waals surface area contributed by atoms with Gasteiger partial charge in [0.15, 0.2) is 0 Å². The summed E-state index contributed by atoms with van der Waals surface area (Å²) in [7, 11) is 0. The summed E-state index contributed by atoms with van der Waals surface area (Å²) in [6.45, 7) is 2.20. The summed E-state index contributed by atoms with van der Waals surface area (Å²) < 4.78 is 5.47. The SMILES string of the molecule is CCC(O)CCCCCC(O)COc1ccc(C(=O)Cl)cc1. The van der Waals surface area contributed by atoms with Gasteiger partial charge in [-0.25, -0.2) is 0 Å². The van der Waals surface area contributed by atoms with Gasteiger partial charge < -0.3 is 14.9 Å². The van der Waals surface area contributed by atoms with Gasteiger partial charge in [-0.3, -0.25) is 4.79 Å². The Hall–Kier alpha value is -1.10. The number of aliphatic hydroxyl groups excluding tert-OH is 2. The van der Waals surface area contributed by atoms with Gasteiger partial charge in [0.1, 0.15) is 12.4 Å². The molecule has 0 heterocycles. The third-order valence-corrected chi connectivity index (χ3v) is 3.79. The van der Waals surface area contributed by atoms with E-state index in [1.165, 1.54) is 0 Å². The van der Waals surface area contributed by atoms with Crippen molar-refractivity contribution in [2.45, 2.75) is 57.7 Å². The lowest BCUT2D eigenvalue weighted by molar-refractivity contribution is 0.0967. The Morgan fingerprint density at radius 3 is 2.23 bits per heavy atom. The van der Waals surface area contributed by atoms with E-state index in [0.29, 0.717) is 17.7 Å². The van der Waals surface area contributed by atoms with Gasteiger partial charge in [0, 0.05) is 5.56 Å². The van der Waals surface area contributed by atoms with E-state index in [1.54, 1.807) is 24.3 Å². The normalized spacial score (nSPS) is 13.6. The standard InChI is InChI=1S/C17H25ClO4/c1-2-14(19)6-4-3-5-7-15(20)12-22-16-10-8-13(9-11-16)17(18)21/h8-11,14-15,19-20H,2-7,12H2,1H3. The third-order valence-electron chi connectivity index (χ3n) is 3.57. The molecule has 1 rings (SSSR count). The van der Waals surface area contributed by atoms with Crippen molar-refractivity contribution in [3.05, 3.63) is 29.8 Å². The van der Waals surface area contributed by atoms with Gasteiger partial charge >= 0.3 is 0 Å². The number of halogens is 1. The molecule has 0 amide bonds. The number of ether oxygens (including phenoxy) is 1. The number of unbranched alkanes of at least 4 members (excludes halogenated alkanes) is 2. The Bertz CT molecular complexity index is 433. The van der Waals surface area contributed by atoms with E-state index >= 15 is 0 Å². The number of carbonyl (C=O) groups excluding carboxylic acids is 1. The first-order chi connectivity index (χ1) is 10.5. The van der Waals surface area contributed by atoms with Crippen LogP contribution in [0.15, 0.2) is 24.3 Å². The Morgan fingerprint density at radius 1 is 1.09 bits per heavy atom. The highest BCUT2D eigenvalue weighted by atomic mass is 35.5. The molecule has 0 radical (unpaired) electrons. The zero-order chi connectivity index (χ0) is 16.4. The molecule has 0 spiro atoms. The quantitative estimate of drug-likeness (QED) is 0.482. The van der Waals surface area contributed by atoms with E-state index in [-0.39, 0.29) is 12.7 Å². The zero-order valence-corrected chi connectivity index (χ0v) is 13.8. The molecule has 0 saturated heterocycles. The van der Waals surface area contributed by atoms with Crippen molar-refractivity contribution >= 4 is 16.8 Å². The fourth-order valence-electron chi connectivity index (χ4n) is 2.10. The minimum atomic E-state index is -0.509. The fraction of sp³-hybridized carbons (Fsp3) is 0.588. The molecule has 2 atom stereocenters. The Balaban J connectivity index is 2.15. The van der Waals surface area contributed by atoms with E-state index in [2.05, 4.69) is 0 Å². The van der Waals surface area contributed by atoms with Crippen LogP contribution in [0.4, 0.5) is 0 Å². The van der Waals surface area contributed by atoms with E-state index in [9.17, 15) is 15.0 Å². The molecular formula is C17H25ClO4. The molecule has 0 aromatic heterocycles. The lowest BCUT2D eigenvalue weighted by Gasteiger charge is -2.13. The third kappa shape index (κ3) is 7.78. The molecule has 0 aliphatic carbocycles. The number of hydrogen-bond acceptors (Lipinski definition) is 4. The van der Waals surface area contributed by atoms with Crippen molar-refractivity contribution in [2.75, 3.05) is 6.61 Å². The second kappa shape index (κ2) is 10.6. The molecule has 0 bridgehead atoms. The van der Waals surface area contributed by atoms with Crippen molar-refractivity contribution in [1.29, 1.82) is 0 Å². The maximum atomic E-state index is 10.9. The molecule has 0 fully saturated rings. The first-order valence-electron chi connectivity index (χ1n) is 7.81. The highest BCUT2D eigenvalue weighted by Gasteiger charge is 2.07. The molecule has 0 aliphatic heterocycles. The predicted molar refractivity (Wildman–Crippen MR) is 87.5 cm³/mol. The summed E-state index contributed by atoms with van der Waals surface area (Å²) in [5, 5.41) is 18.8. The topological polar surface area (TPSA) is 66.8 Å². The van der Waals surface area contributed by atoms with Gasteiger partial charge in [-0.15, -0.1) is 0 Å². The van der Waals surface area contributed by atoms with Crippen LogP contribution in [0.3, 0.4) is 0 Å². The van der Waals surface area contributed by atoms with Crippen LogP contribution in [0, 0.1) is 0 Å². The number of hydrogen-bond donors (Lipinski definition) is 2. The minimum Gasteiger partial charge on any atom is -0.491 e. The predicted octanol–water partition coefficient (Wildman–Crippen LogP) is 3.53. The summed E-state index contributed by atoms with van der Waals surface area (Å²) >= 11 is 5.36. The van der Waals surface area contributed by atoms with Gasteiger partial charge in [-0.1, -0.05) is 26.2 Å². The van der Waals surface area contributed by atoms with E-state index in [4.69, 9.17) is 16.3 Å². The van der Waals surface area contributed by atoms with Gasteiger partial charge in [0.2, 0.25) is 0 Å². The number of carbonyl (C=O) groups is 1. The zero-order valence-electron chi connectivity index (χ0n) is 13.0. The van der Waals surface area contributed by atoms with Crippen molar-refractivity contribution in [2.24, 2.45) is 0 Å². The molecule has 1 aromatic carbocycles. The van der Waals surface area contributed by atoms with Crippen LogP contribution in [0.2, 0.25) is 0 Å². The molecule has 2 N–H and O–H groups in total. The van der Waals surface area contributed by atoms with E-state index < -0.39 is 11.3 Å². The van der Waals surface area contributed by atoms with Crippen molar-refractivity contribution in [3.8, 4) is 5.75 Å². The number of aliphatic hydroxyl groups is 2. The van der Waals surface area contributed by atoms with Crippen LogP contribution < -0.4 is 4.74 Å². The van der Waals surface area contributed by atoms with Crippen LogP contribution >= 0.6 is 11.6 Å². The summed E-state index contributed by atoms with van der Waals surface area (Å²) in [4.78, 5) is 10.9. The molecule has 2 unspecified atom stereocenters. The van der Waals surface area contributed by atoms with Crippen molar-refractivity contribution in [1.82, 2.24) is 0 Å². The average molecular weight is 329 g/mol. The maximum absolute atomic E-state index is 10.9. The lowest BCUT2D eigenvalue weighted by Crippen LogP contribution is -2.17. The minimum absolute atomic E-state index is 0.198. The van der Waals surface area contributed by atoms with Crippen LogP contribution in [0.25, 0.3) is 0 Å². The molecule has 5 heteroatoms.